The molecule has 0 saturated heterocycles. The standard InChI is InChI=1S/C13H18BrN3O3/c1-8(12(15)16-19)7-17(2)13(18)9-4-5-11(20-3)10(14)6-9/h4-6,8,19H,7H2,1-3H3,(H2,15,16). The van der Waals surface area contributed by atoms with Gasteiger partial charge in [0, 0.05) is 25.1 Å². The summed E-state index contributed by atoms with van der Waals surface area (Å²) in [6.07, 6.45) is 0. The van der Waals surface area contributed by atoms with Crippen molar-refractivity contribution in [1.29, 1.82) is 0 Å². The number of amides is 1. The van der Waals surface area contributed by atoms with Crippen LogP contribution < -0.4 is 10.5 Å². The van der Waals surface area contributed by atoms with Gasteiger partial charge in [0.2, 0.25) is 0 Å². The molecule has 1 aromatic rings. The van der Waals surface area contributed by atoms with Crippen LogP contribution in [0.1, 0.15) is 17.3 Å². The highest BCUT2D eigenvalue weighted by atomic mass is 79.9. The molecule has 7 heteroatoms. The molecule has 110 valence electrons. The maximum atomic E-state index is 12.3. The lowest BCUT2D eigenvalue weighted by atomic mass is 10.1. The molecule has 1 unspecified atom stereocenters. The molecule has 6 nitrogen and oxygen atoms in total. The highest BCUT2D eigenvalue weighted by molar-refractivity contribution is 9.10. The van der Waals surface area contributed by atoms with E-state index in [4.69, 9.17) is 15.7 Å². The molecule has 0 fully saturated rings. The van der Waals surface area contributed by atoms with E-state index < -0.39 is 0 Å². The first kappa shape index (κ1) is 16.3. The third-order valence-corrected chi connectivity index (χ3v) is 3.53. The van der Waals surface area contributed by atoms with Gasteiger partial charge in [-0.2, -0.15) is 0 Å². The third-order valence-electron chi connectivity index (χ3n) is 2.91. The smallest absolute Gasteiger partial charge is 0.253 e. The predicted octanol–water partition coefficient (Wildman–Crippen LogP) is 1.91. The van der Waals surface area contributed by atoms with Gasteiger partial charge in [0.25, 0.3) is 5.91 Å². The Bertz CT molecular complexity index is 520. The molecule has 0 radical (unpaired) electrons. The van der Waals surface area contributed by atoms with Crippen LogP contribution in [-0.4, -0.2) is 42.6 Å². The number of benzene rings is 1. The monoisotopic (exact) mass is 343 g/mol. The van der Waals surface area contributed by atoms with Gasteiger partial charge in [0.15, 0.2) is 0 Å². The predicted molar refractivity (Wildman–Crippen MR) is 80.2 cm³/mol. The van der Waals surface area contributed by atoms with Crippen LogP contribution in [-0.2, 0) is 0 Å². The number of oxime groups is 1. The summed E-state index contributed by atoms with van der Waals surface area (Å²) in [7, 11) is 3.23. The fraction of sp³-hybridized carbons (Fsp3) is 0.385. The van der Waals surface area contributed by atoms with Gasteiger partial charge in [-0.3, -0.25) is 4.79 Å². The van der Waals surface area contributed by atoms with Crippen molar-refractivity contribution in [3.8, 4) is 5.75 Å². The molecule has 1 rings (SSSR count). The number of nitrogens with zero attached hydrogens (tertiary/aromatic N) is 2. The van der Waals surface area contributed by atoms with Gasteiger partial charge < -0.3 is 20.6 Å². The van der Waals surface area contributed by atoms with E-state index in [0.717, 1.165) is 0 Å². The van der Waals surface area contributed by atoms with Gasteiger partial charge in [-0.1, -0.05) is 12.1 Å². The Labute approximate surface area is 126 Å². The summed E-state index contributed by atoms with van der Waals surface area (Å²) >= 11 is 3.34. The number of ether oxygens (including phenoxy) is 1. The second kappa shape index (κ2) is 7.14. The minimum Gasteiger partial charge on any atom is -0.496 e. The van der Waals surface area contributed by atoms with Crippen LogP contribution in [0, 0.1) is 5.92 Å². The molecule has 20 heavy (non-hydrogen) atoms. The van der Waals surface area contributed by atoms with Crippen molar-refractivity contribution >= 4 is 27.7 Å². The fourth-order valence-corrected chi connectivity index (χ4v) is 2.25. The maximum absolute atomic E-state index is 12.3. The van der Waals surface area contributed by atoms with Crippen molar-refractivity contribution in [3.63, 3.8) is 0 Å². The van der Waals surface area contributed by atoms with Crippen molar-refractivity contribution in [3.05, 3.63) is 28.2 Å². The molecule has 0 heterocycles. The lowest BCUT2D eigenvalue weighted by molar-refractivity contribution is 0.0786. The lowest BCUT2D eigenvalue weighted by Gasteiger charge is -2.21. The summed E-state index contributed by atoms with van der Waals surface area (Å²) in [5.41, 5.74) is 6.04. The Balaban J connectivity index is 2.82. The quantitative estimate of drug-likeness (QED) is 0.370. The van der Waals surface area contributed by atoms with Crippen LogP contribution in [0.15, 0.2) is 27.8 Å². The number of carbonyl (C=O) groups is 1. The number of methoxy groups -OCH3 is 1. The molecular formula is C13H18BrN3O3. The van der Waals surface area contributed by atoms with Gasteiger partial charge in [-0.25, -0.2) is 0 Å². The molecule has 3 N–H and O–H groups in total. The average Bonchev–Trinajstić information content (AvgIpc) is 2.45. The van der Waals surface area contributed by atoms with Gasteiger partial charge in [-0.05, 0) is 34.1 Å². The topological polar surface area (TPSA) is 88.2 Å². The number of amidine groups is 1. The van der Waals surface area contributed by atoms with E-state index in [-0.39, 0.29) is 17.7 Å². The van der Waals surface area contributed by atoms with E-state index in [1.165, 1.54) is 4.90 Å². The normalized spacial score (nSPS) is 12.9. The zero-order valence-electron chi connectivity index (χ0n) is 11.6. The van der Waals surface area contributed by atoms with E-state index >= 15 is 0 Å². The Morgan fingerprint density at radius 2 is 2.25 bits per heavy atom. The van der Waals surface area contributed by atoms with E-state index in [2.05, 4.69) is 21.1 Å². The fourth-order valence-electron chi connectivity index (χ4n) is 1.71. The number of hydrogen-bond donors (Lipinski definition) is 2. The second-order valence-electron chi connectivity index (χ2n) is 4.46. The van der Waals surface area contributed by atoms with Crippen LogP contribution in [0.5, 0.6) is 5.75 Å². The summed E-state index contributed by atoms with van der Waals surface area (Å²) in [5, 5.41) is 11.5. The van der Waals surface area contributed by atoms with Crippen LogP contribution in [0.4, 0.5) is 0 Å². The minimum atomic E-state index is -0.226. The molecule has 0 aliphatic heterocycles. The van der Waals surface area contributed by atoms with E-state index in [9.17, 15) is 4.79 Å². The van der Waals surface area contributed by atoms with Gasteiger partial charge in [0.1, 0.15) is 11.6 Å². The molecule has 1 atom stereocenters. The van der Waals surface area contributed by atoms with E-state index in [0.29, 0.717) is 22.3 Å². The average molecular weight is 344 g/mol. The van der Waals surface area contributed by atoms with Crippen molar-refractivity contribution in [2.45, 2.75) is 6.92 Å². The number of hydrogen-bond acceptors (Lipinski definition) is 4. The van der Waals surface area contributed by atoms with E-state index in [1.807, 2.05) is 0 Å². The van der Waals surface area contributed by atoms with Crippen LogP contribution in [0.3, 0.4) is 0 Å². The summed E-state index contributed by atoms with van der Waals surface area (Å²) in [5.74, 6) is 0.386. The van der Waals surface area contributed by atoms with Crippen LogP contribution >= 0.6 is 15.9 Å². The molecule has 1 amide bonds. The molecule has 0 aliphatic carbocycles. The van der Waals surface area contributed by atoms with Crippen molar-refractivity contribution in [2.75, 3.05) is 20.7 Å². The minimum absolute atomic E-state index is 0.0977. The number of carbonyl (C=O) groups excluding carboxylic acids is 1. The number of nitrogens with two attached hydrogens (primary N) is 1. The molecule has 0 aliphatic rings. The molecule has 0 spiro atoms. The Hall–Kier alpha value is -1.76. The molecule has 0 bridgehead atoms. The van der Waals surface area contributed by atoms with Gasteiger partial charge in [0.05, 0.1) is 11.6 Å². The summed E-state index contributed by atoms with van der Waals surface area (Å²) in [6.45, 7) is 2.14. The van der Waals surface area contributed by atoms with Gasteiger partial charge >= 0.3 is 0 Å². The second-order valence-corrected chi connectivity index (χ2v) is 5.32. The summed E-state index contributed by atoms with van der Waals surface area (Å²) in [6, 6.07) is 5.11. The number of halogens is 1. The Morgan fingerprint density at radius 3 is 2.75 bits per heavy atom. The van der Waals surface area contributed by atoms with Crippen LogP contribution in [0.2, 0.25) is 0 Å². The highest BCUT2D eigenvalue weighted by Gasteiger charge is 2.17. The SMILES string of the molecule is COc1ccc(C(=O)N(C)CC(C)C(N)=NO)cc1Br. The van der Waals surface area contributed by atoms with Crippen molar-refractivity contribution in [1.82, 2.24) is 4.90 Å². The first-order chi connectivity index (χ1) is 9.40. The third kappa shape index (κ3) is 3.86. The zero-order valence-corrected chi connectivity index (χ0v) is 13.2. The largest absolute Gasteiger partial charge is 0.496 e. The Kier molecular flexibility index (Phi) is 5.82. The van der Waals surface area contributed by atoms with Gasteiger partial charge in [-0.15, -0.1) is 0 Å². The first-order valence-electron chi connectivity index (χ1n) is 5.97. The summed E-state index contributed by atoms with van der Waals surface area (Å²) < 4.78 is 5.83. The highest BCUT2D eigenvalue weighted by Crippen LogP contribution is 2.26. The Morgan fingerprint density at radius 1 is 1.60 bits per heavy atom. The molecular weight excluding hydrogens is 326 g/mol. The molecule has 0 saturated carbocycles. The maximum Gasteiger partial charge on any atom is 0.253 e. The lowest BCUT2D eigenvalue weighted by Crippen LogP contribution is -2.36. The van der Waals surface area contributed by atoms with Crippen LogP contribution in [0.25, 0.3) is 0 Å². The summed E-state index contributed by atoms with van der Waals surface area (Å²) in [4.78, 5) is 13.8. The van der Waals surface area contributed by atoms with E-state index in [1.54, 1.807) is 39.3 Å². The molecule has 1 aromatic carbocycles. The first-order valence-corrected chi connectivity index (χ1v) is 6.76. The van der Waals surface area contributed by atoms with Crippen molar-refractivity contribution < 1.29 is 14.7 Å². The number of rotatable bonds is 5. The van der Waals surface area contributed by atoms with Crippen molar-refractivity contribution in [2.24, 2.45) is 16.8 Å². The molecule has 0 aromatic heterocycles. The zero-order chi connectivity index (χ0) is 15.3.